The van der Waals surface area contributed by atoms with E-state index in [1.54, 1.807) is 26.1 Å². The third-order valence-corrected chi connectivity index (χ3v) is 6.80. The minimum atomic E-state index is -0.515. The predicted molar refractivity (Wildman–Crippen MR) is 125 cm³/mol. The Bertz CT molecular complexity index is 1260. The molecule has 0 aliphatic carbocycles. The number of nitrogens with zero attached hydrogens (tertiary/aromatic N) is 6. The minimum absolute atomic E-state index is 0.186. The Balaban J connectivity index is 1.63. The largest absolute Gasteiger partial charge is 0.379 e. The molecule has 2 aliphatic heterocycles. The zero-order valence-corrected chi connectivity index (χ0v) is 19.5. The van der Waals surface area contributed by atoms with E-state index in [2.05, 4.69) is 19.8 Å². The number of ether oxygens (including phenoxy) is 1. The Morgan fingerprint density at radius 1 is 1.12 bits per heavy atom. The van der Waals surface area contributed by atoms with Crippen molar-refractivity contribution in [3.05, 3.63) is 45.2 Å². The van der Waals surface area contributed by atoms with Gasteiger partial charge in [0.15, 0.2) is 5.52 Å². The lowest BCUT2D eigenvalue weighted by molar-refractivity contribution is 0.0136. The standard InChI is InChI=1S/C23H26ClFN6O2/c1-14-26-20-19(17-6-5-15(24)12-18(17)25)27-23(28-21(20)22(32)29(14)2)31-7-3-4-16(13-31)30-8-10-33-11-9-30/h5-6,12,16H,3-4,7-11,13H2,1-2H3. The van der Waals surface area contributed by atoms with Crippen molar-refractivity contribution in [2.45, 2.75) is 25.8 Å². The van der Waals surface area contributed by atoms with Gasteiger partial charge in [-0.3, -0.25) is 14.3 Å². The third-order valence-electron chi connectivity index (χ3n) is 6.57. The van der Waals surface area contributed by atoms with Crippen LogP contribution in [0.25, 0.3) is 22.3 Å². The zero-order chi connectivity index (χ0) is 23.1. The number of piperidine rings is 1. The van der Waals surface area contributed by atoms with Gasteiger partial charge in [0.2, 0.25) is 5.95 Å². The summed E-state index contributed by atoms with van der Waals surface area (Å²) in [5, 5.41) is 0.291. The summed E-state index contributed by atoms with van der Waals surface area (Å²) in [6.07, 6.45) is 2.07. The first kappa shape index (κ1) is 22.2. The van der Waals surface area contributed by atoms with Crippen LogP contribution in [0.1, 0.15) is 18.7 Å². The van der Waals surface area contributed by atoms with E-state index in [1.807, 2.05) is 0 Å². The maximum atomic E-state index is 14.9. The number of morpholine rings is 1. The molecule has 2 aromatic heterocycles. The van der Waals surface area contributed by atoms with Crippen molar-refractivity contribution in [2.24, 2.45) is 7.05 Å². The molecule has 0 spiro atoms. The first-order valence-corrected chi connectivity index (χ1v) is 11.6. The maximum absolute atomic E-state index is 14.9. The number of anilines is 1. The first-order chi connectivity index (χ1) is 15.9. The molecule has 0 N–H and O–H groups in total. The Labute approximate surface area is 196 Å². The van der Waals surface area contributed by atoms with Gasteiger partial charge in [-0.05, 0) is 38.0 Å². The van der Waals surface area contributed by atoms with Crippen molar-refractivity contribution in [3.8, 4) is 11.3 Å². The van der Waals surface area contributed by atoms with E-state index in [0.717, 1.165) is 52.2 Å². The van der Waals surface area contributed by atoms with E-state index in [9.17, 15) is 9.18 Å². The highest BCUT2D eigenvalue weighted by atomic mass is 35.5. The summed E-state index contributed by atoms with van der Waals surface area (Å²) in [7, 11) is 1.66. The molecular weight excluding hydrogens is 447 g/mol. The van der Waals surface area contributed by atoms with Gasteiger partial charge in [0.1, 0.15) is 22.9 Å². The number of hydrogen-bond acceptors (Lipinski definition) is 7. The highest BCUT2D eigenvalue weighted by molar-refractivity contribution is 6.30. The predicted octanol–water partition coefficient (Wildman–Crippen LogP) is 2.79. The summed E-state index contributed by atoms with van der Waals surface area (Å²) in [5.74, 6) is 0.413. The molecule has 4 heterocycles. The second kappa shape index (κ2) is 8.96. The van der Waals surface area contributed by atoms with Crippen LogP contribution in [0, 0.1) is 12.7 Å². The molecule has 2 aliphatic rings. The highest BCUT2D eigenvalue weighted by Crippen LogP contribution is 2.30. The lowest BCUT2D eigenvalue weighted by Gasteiger charge is -2.40. The Hall–Kier alpha value is -2.62. The number of rotatable bonds is 3. The number of aryl methyl sites for hydroxylation is 1. The van der Waals surface area contributed by atoms with Crippen LogP contribution in [0.3, 0.4) is 0 Å². The SMILES string of the molecule is Cc1nc2c(-c3ccc(Cl)cc3F)nc(N3CCCC(N4CCOCC4)C3)nc2c(=O)n1C. The molecule has 1 unspecified atom stereocenters. The number of fused-ring (bicyclic) bond motifs is 1. The van der Waals surface area contributed by atoms with Gasteiger partial charge in [-0.1, -0.05) is 11.6 Å². The molecule has 0 radical (unpaired) electrons. The van der Waals surface area contributed by atoms with E-state index >= 15 is 0 Å². The molecule has 174 valence electrons. The minimum Gasteiger partial charge on any atom is -0.379 e. The van der Waals surface area contributed by atoms with Crippen LogP contribution in [0.4, 0.5) is 10.3 Å². The van der Waals surface area contributed by atoms with Crippen LogP contribution < -0.4 is 10.5 Å². The second-order valence-electron chi connectivity index (χ2n) is 8.61. The molecule has 2 saturated heterocycles. The molecule has 33 heavy (non-hydrogen) atoms. The number of aromatic nitrogens is 4. The van der Waals surface area contributed by atoms with Crippen molar-refractivity contribution in [1.82, 2.24) is 24.4 Å². The maximum Gasteiger partial charge on any atom is 0.279 e. The van der Waals surface area contributed by atoms with Gasteiger partial charge in [0.25, 0.3) is 5.56 Å². The molecule has 5 rings (SSSR count). The van der Waals surface area contributed by atoms with Crippen molar-refractivity contribution < 1.29 is 9.13 Å². The Morgan fingerprint density at radius 3 is 2.67 bits per heavy atom. The molecule has 1 atom stereocenters. The molecule has 10 heteroatoms. The van der Waals surface area contributed by atoms with Gasteiger partial charge in [0, 0.05) is 49.9 Å². The topological polar surface area (TPSA) is 76.4 Å². The third kappa shape index (κ3) is 4.20. The second-order valence-corrected chi connectivity index (χ2v) is 9.04. The highest BCUT2D eigenvalue weighted by Gasteiger charge is 2.29. The van der Waals surface area contributed by atoms with E-state index in [4.69, 9.17) is 21.3 Å². The molecule has 1 aromatic carbocycles. The summed E-state index contributed by atoms with van der Waals surface area (Å²) in [5.41, 5.74) is 0.750. The molecule has 2 fully saturated rings. The number of halogens is 2. The van der Waals surface area contributed by atoms with Crippen molar-refractivity contribution in [3.63, 3.8) is 0 Å². The van der Waals surface area contributed by atoms with Gasteiger partial charge in [-0.2, -0.15) is 0 Å². The number of hydrogen-bond donors (Lipinski definition) is 0. The van der Waals surface area contributed by atoms with Crippen LogP contribution in [0.2, 0.25) is 5.02 Å². The molecular formula is C23H26ClFN6O2. The molecule has 3 aromatic rings. The first-order valence-electron chi connectivity index (χ1n) is 11.2. The monoisotopic (exact) mass is 472 g/mol. The van der Waals surface area contributed by atoms with Gasteiger partial charge in [-0.25, -0.2) is 19.3 Å². The van der Waals surface area contributed by atoms with E-state index < -0.39 is 5.82 Å². The fraction of sp³-hybridized carbons (Fsp3) is 0.478. The van der Waals surface area contributed by atoms with Gasteiger partial charge in [0.05, 0.1) is 13.2 Å². The van der Waals surface area contributed by atoms with Gasteiger partial charge >= 0.3 is 0 Å². The Morgan fingerprint density at radius 2 is 1.91 bits per heavy atom. The van der Waals surface area contributed by atoms with Crippen molar-refractivity contribution in [2.75, 3.05) is 44.3 Å². The fourth-order valence-electron chi connectivity index (χ4n) is 4.63. The van der Waals surface area contributed by atoms with E-state index in [-0.39, 0.29) is 16.6 Å². The summed E-state index contributed by atoms with van der Waals surface area (Å²) in [6.45, 7) is 6.54. The molecule has 8 nitrogen and oxygen atoms in total. The summed E-state index contributed by atoms with van der Waals surface area (Å²) in [4.78, 5) is 31.6. The zero-order valence-electron chi connectivity index (χ0n) is 18.7. The van der Waals surface area contributed by atoms with E-state index in [0.29, 0.717) is 34.0 Å². The molecule has 0 bridgehead atoms. The summed E-state index contributed by atoms with van der Waals surface area (Å²) >= 11 is 5.97. The normalized spacial score (nSPS) is 19.9. The van der Waals surface area contributed by atoms with Gasteiger partial charge < -0.3 is 9.64 Å². The summed E-state index contributed by atoms with van der Waals surface area (Å²) < 4.78 is 21.9. The van der Waals surface area contributed by atoms with Crippen molar-refractivity contribution >= 4 is 28.6 Å². The lowest BCUT2D eigenvalue weighted by atomic mass is 10.0. The molecule has 0 amide bonds. The van der Waals surface area contributed by atoms with Crippen LogP contribution in [0.15, 0.2) is 23.0 Å². The van der Waals surface area contributed by atoms with Gasteiger partial charge in [-0.15, -0.1) is 0 Å². The van der Waals surface area contributed by atoms with Crippen LogP contribution in [0.5, 0.6) is 0 Å². The van der Waals surface area contributed by atoms with Crippen molar-refractivity contribution in [1.29, 1.82) is 0 Å². The Kier molecular flexibility index (Phi) is 6.03. The quantitative estimate of drug-likeness (QED) is 0.580. The van der Waals surface area contributed by atoms with Crippen LogP contribution in [-0.2, 0) is 11.8 Å². The number of benzene rings is 1. The van der Waals surface area contributed by atoms with Crippen LogP contribution >= 0.6 is 11.6 Å². The van der Waals surface area contributed by atoms with Crippen LogP contribution in [-0.4, -0.2) is 69.9 Å². The summed E-state index contributed by atoms with van der Waals surface area (Å²) in [6, 6.07) is 4.78. The molecule has 0 saturated carbocycles. The smallest absolute Gasteiger partial charge is 0.279 e. The van der Waals surface area contributed by atoms with E-state index in [1.165, 1.54) is 10.6 Å². The average molecular weight is 473 g/mol. The average Bonchev–Trinajstić information content (AvgIpc) is 2.83. The fourth-order valence-corrected chi connectivity index (χ4v) is 4.79. The lowest BCUT2D eigenvalue weighted by Crippen LogP contribution is -2.52.